The van der Waals surface area contributed by atoms with Gasteiger partial charge in [-0.15, -0.1) is 0 Å². The Labute approximate surface area is 304 Å². The molecule has 0 fully saturated rings. The number of rotatable bonds is 10. The molecule has 0 aromatic heterocycles. The first-order chi connectivity index (χ1) is 24.8. The molecule has 2 aromatic carbocycles. The molecule has 0 spiro atoms. The Kier molecular flexibility index (Phi) is 15.9. The lowest BCUT2D eigenvalue weighted by molar-refractivity contribution is -0.139. The van der Waals surface area contributed by atoms with E-state index < -0.39 is 59.7 Å². The van der Waals surface area contributed by atoms with Gasteiger partial charge < -0.3 is 41.4 Å². The number of amides is 4. The minimum Gasteiger partial charge on any atom is -0.464 e. The molecule has 6 N–H and O–H groups in total. The molecular formula is C38H50N6O8. The van der Waals surface area contributed by atoms with Crippen LogP contribution in [-0.4, -0.2) is 74.0 Å². The second kappa shape index (κ2) is 20.3. The minimum atomic E-state index is -1.11. The molecule has 280 valence electrons. The predicted molar refractivity (Wildman–Crippen MR) is 193 cm³/mol. The van der Waals surface area contributed by atoms with Crippen LogP contribution in [-0.2, 0) is 51.1 Å². The van der Waals surface area contributed by atoms with Crippen molar-refractivity contribution in [3.8, 4) is 0 Å². The van der Waals surface area contributed by atoms with Gasteiger partial charge in [-0.25, -0.2) is 9.59 Å². The third-order valence-corrected chi connectivity index (χ3v) is 8.06. The van der Waals surface area contributed by atoms with E-state index in [1.54, 1.807) is 0 Å². The van der Waals surface area contributed by atoms with Gasteiger partial charge in [-0.2, -0.15) is 0 Å². The summed E-state index contributed by atoms with van der Waals surface area (Å²) in [5.74, 6) is -4.48. The van der Waals surface area contributed by atoms with Gasteiger partial charge >= 0.3 is 11.9 Å². The maximum atomic E-state index is 13.9. The summed E-state index contributed by atoms with van der Waals surface area (Å²) in [7, 11) is 2.29. The van der Waals surface area contributed by atoms with E-state index in [4.69, 9.17) is 9.47 Å². The molecule has 14 nitrogen and oxygen atoms in total. The molecule has 14 heteroatoms. The minimum absolute atomic E-state index is 0.0584. The van der Waals surface area contributed by atoms with Crippen molar-refractivity contribution in [2.75, 3.05) is 14.2 Å². The van der Waals surface area contributed by atoms with Crippen LogP contribution >= 0.6 is 0 Å². The lowest BCUT2D eigenvalue weighted by Gasteiger charge is -2.26. The SMILES string of the molecule is COC(=O)/C1=C/N[C@@H](Cc2ccccc2)C(=O)N[C@@H](CC(C)C)C(=O)N/C(C(=O)OC)=C\N[C@@H](Cc2ccccc2)C(=O)N[C@@H](CC(C)C)C(=O)N1. The number of carbonyl (C=O) groups is 6. The highest BCUT2D eigenvalue weighted by Gasteiger charge is 2.31. The number of benzene rings is 2. The molecule has 2 aromatic rings. The maximum Gasteiger partial charge on any atom is 0.356 e. The Morgan fingerprint density at radius 3 is 1.21 bits per heavy atom. The molecule has 0 aliphatic carbocycles. The van der Waals surface area contributed by atoms with Crippen LogP contribution in [0.15, 0.2) is 84.5 Å². The highest BCUT2D eigenvalue weighted by Crippen LogP contribution is 2.12. The zero-order valence-corrected chi connectivity index (χ0v) is 30.5. The van der Waals surface area contributed by atoms with Crippen LogP contribution < -0.4 is 31.9 Å². The molecule has 0 bridgehead atoms. The Morgan fingerprint density at radius 2 is 0.904 bits per heavy atom. The molecule has 0 radical (unpaired) electrons. The summed E-state index contributed by atoms with van der Waals surface area (Å²) >= 11 is 0. The van der Waals surface area contributed by atoms with E-state index in [1.165, 1.54) is 12.4 Å². The van der Waals surface area contributed by atoms with Gasteiger partial charge in [-0.1, -0.05) is 88.4 Å². The van der Waals surface area contributed by atoms with Gasteiger partial charge in [0.25, 0.3) is 0 Å². The van der Waals surface area contributed by atoms with Gasteiger partial charge in [-0.05, 0) is 35.8 Å². The van der Waals surface area contributed by atoms with Crippen molar-refractivity contribution in [1.82, 2.24) is 31.9 Å². The summed E-state index contributed by atoms with van der Waals surface area (Å²) in [6.07, 6.45) is 3.01. The fourth-order valence-electron chi connectivity index (χ4n) is 5.42. The van der Waals surface area contributed by atoms with E-state index in [9.17, 15) is 28.8 Å². The second-order valence-corrected chi connectivity index (χ2v) is 13.3. The summed E-state index contributed by atoms with van der Waals surface area (Å²) in [6.45, 7) is 7.49. The molecule has 52 heavy (non-hydrogen) atoms. The van der Waals surface area contributed by atoms with Gasteiger partial charge in [0.1, 0.15) is 35.6 Å². The zero-order valence-electron chi connectivity index (χ0n) is 30.5. The highest BCUT2D eigenvalue weighted by atomic mass is 16.5. The number of carbonyl (C=O) groups excluding carboxylic acids is 6. The Morgan fingerprint density at radius 1 is 0.558 bits per heavy atom. The smallest absolute Gasteiger partial charge is 0.356 e. The Bertz CT molecular complexity index is 1490. The largest absolute Gasteiger partial charge is 0.464 e. The van der Waals surface area contributed by atoms with E-state index >= 15 is 0 Å². The first kappa shape index (κ1) is 40.8. The monoisotopic (exact) mass is 718 g/mol. The molecule has 4 atom stereocenters. The van der Waals surface area contributed by atoms with E-state index in [0.29, 0.717) is 0 Å². The number of ether oxygens (including phenoxy) is 2. The summed E-state index contributed by atoms with van der Waals surface area (Å²) in [4.78, 5) is 81.2. The average molecular weight is 719 g/mol. The van der Waals surface area contributed by atoms with Gasteiger partial charge in [0.2, 0.25) is 23.6 Å². The molecule has 0 saturated carbocycles. The third kappa shape index (κ3) is 12.9. The Balaban J connectivity index is 2.15. The van der Waals surface area contributed by atoms with Crippen LogP contribution in [0.4, 0.5) is 0 Å². The highest BCUT2D eigenvalue weighted by molar-refractivity contribution is 5.98. The molecule has 4 amide bonds. The molecule has 1 aliphatic rings. The first-order valence-corrected chi connectivity index (χ1v) is 17.2. The van der Waals surface area contributed by atoms with Crippen molar-refractivity contribution in [3.63, 3.8) is 0 Å². The number of esters is 2. The third-order valence-electron chi connectivity index (χ3n) is 8.06. The molecule has 1 heterocycles. The summed E-state index contributed by atoms with van der Waals surface area (Å²) in [5.41, 5.74) is 0.934. The molecule has 1 aliphatic heterocycles. The van der Waals surface area contributed by atoms with Gasteiger partial charge in [0.05, 0.1) is 14.2 Å². The summed E-state index contributed by atoms with van der Waals surface area (Å²) in [6, 6.07) is 13.8. The van der Waals surface area contributed by atoms with Crippen LogP contribution in [0.5, 0.6) is 0 Å². The van der Waals surface area contributed by atoms with E-state index in [-0.39, 0.29) is 48.9 Å². The first-order valence-electron chi connectivity index (χ1n) is 17.2. The van der Waals surface area contributed by atoms with Crippen LogP contribution in [0.2, 0.25) is 0 Å². The van der Waals surface area contributed by atoms with E-state index in [1.807, 2.05) is 88.4 Å². The topological polar surface area (TPSA) is 193 Å². The zero-order chi connectivity index (χ0) is 38.2. The summed E-state index contributed by atoms with van der Waals surface area (Å²) in [5, 5.41) is 16.6. The lowest BCUT2D eigenvalue weighted by Crippen LogP contribution is -2.55. The van der Waals surface area contributed by atoms with Crippen LogP contribution in [0.25, 0.3) is 0 Å². The predicted octanol–water partition coefficient (Wildman–Crippen LogP) is 1.72. The van der Waals surface area contributed by atoms with Crippen molar-refractivity contribution >= 4 is 35.6 Å². The van der Waals surface area contributed by atoms with Crippen LogP contribution in [0, 0.1) is 11.8 Å². The van der Waals surface area contributed by atoms with Crippen molar-refractivity contribution in [2.24, 2.45) is 11.8 Å². The quantitative estimate of drug-likeness (QED) is 0.197. The number of nitrogens with one attached hydrogen (secondary N) is 6. The van der Waals surface area contributed by atoms with Crippen molar-refractivity contribution in [1.29, 1.82) is 0 Å². The number of hydrogen-bond donors (Lipinski definition) is 6. The lowest BCUT2D eigenvalue weighted by atomic mass is 10.0. The maximum absolute atomic E-state index is 13.9. The number of hydrogen-bond acceptors (Lipinski definition) is 10. The average Bonchev–Trinajstić information content (AvgIpc) is 3.12. The summed E-state index contributed by atoms with van der Waals surface area (Å²) < 4.78 is 9.86. The standard InChI is InChI=1S/C38H50N6O8/c1-23(2)17-29-35(47)43-31(37(49)51-5)21-40-28(20-26-15-11-8-12-16-26)34(46)42-30(18-24(3)4)36(48)44-32(38(50)52-6)22-39-27(33(45)41-29)19-25-13-9-7-10-14-25/h7-16,21-24,27-30,39-40H,17-20H2,1-6H3,(H,41,45)(H,42,46)(H,43,47)(H,44,48)/b31-21-,32-22-/t27-,28-,29-,30-/m0/s1. The Hall–Kier alpha value is -5.66. The molecule has 0 unspecified atom stereocenters. The molecule has 0 saturated heterocycles. The fourth-order valence-corrected chi connectivity index (χ4v) is 5.42. The van der Waals surface area contributed by atoms with Crippen molar-refractivity contribution in [3.05, 3.63) is 95.6 Å². The van der Waals surface area contributed by atoms with Gasteiger partial charge in [-0.3, -0.25) is 19.2 Å². The number of methoxy groups -OCH3 is 2. The van der Waals surface area contributed by atoms with Gasteiger partial charge in [0.15, 0.2) is 0 Å². The normalized spacial score (nSPS) is 22.7. The molecular weight excluding hydrogens is 668 g/mol. The van der Waals surface area contributed by atoms with Crippen molar-refractivity contribution < 1.29 is 38.2 Å². The second-order valence-electron chi connectivity index (χ2n) is 13.3. The van der Waals surface area contributed by atoms with E-state index in [2.05, 4.69) is 31.9 Å². The van der Waals surface area contributed by atoms with E-state index in [0.717, 1.165) is 25.3 Å². The van der Waals surface area contributed by atoms with Crippen molar-refractivity contribution in [2.45, 2.75) is 77.5 Å². The fraction of sp³-hybridized carbons (Fsp3) is 0.421. The van der Waals surface area contributed by atoms with Gasteiger partial charge in [0, 0.05) is 25.2 Å². The van der Waals surface area contributed by atoms with Crippen LogP contribution in [0.1, 0.15) is 51.7 Å². The van der Waals surface area contributed by atoms with Crippen LogP contribution in [0.3, 0.4) is 0 Å². The molecule has 3 rings (SSSR count).